The van der Waals surface area contributed by atoms with Crippen LogP contribution in [0.2, 0.25) is 0 Å². The van der Waals surface area contributed by atoms with Gasteiger partial charge in [-0.25, -0.2) is 4.39 Å². The Bertz CT molecular complexity index is 774. The molecule has 0 N–H and O–H groups in total. The Kier molecular flexibility index (Phi) is 8.48. The number of rotatable bonds is 9. The summed E-state index contributed by atoms with van der Waals surface area (Å²) in [6.45, 7) is 4.64. The van der Waals surface area contributed by atoms with E-state index in [4.69, 9.17) is 4.74 Å². The van der Waals surface area contributed by atoms with Crippen molar-refractivity contribution in [1.82, 2.24) is 0 Å². The molecule has 2 aromatic rings. The molecule has 0 radical (unpaired) electrons. The zero-order chi connectivity index (χ0) is 21.3. The van der Waals surface area contributed by atoms with Crippen LogP contribution < -0.4 is 4.74 Å². The molecule has 3 rings (SSSR count). The van der Waals surface area contributed by atoms with Gasteiger partial charge in [0.2, 0.25) is 0 Å². The zero-order valence-electron chi connectivity index (χ0n) is 18.4. The van der Waals surface area contributed by atoms with Crippen molar-refractivity contribution < 1.29 is 13.9 Å². The fourth-order valence-electron chi connectivity index (χ4n) is 4.61. The molecule has 1 unspecified atom stereocenters. The van der Waals surface area contributed by atoms with E-state index >= 15 is 0 Å². The second-order valence-corrected chi connectivity index (χ2v) is 8.89. The molecule has 0 heterocycles. The van der Waals surface area contributed by atoms with Gasteiger partial charge >= 0.3 is 5.97 Å². The third-order valence-corrected chi connectivity index (χ3v) is 6.67. The van der Waals surface area contributed by atoms with Crippen LogP contribution >= 0.6 is 0 Å². The van der Waals surface area contributed by atoms with Gasteiger partial charge in [0.15, 0.2) is 0 Å². The molecule has 0 bridgehead atoms. The highest BCUT2D eigenvalue weighted by Gasteiger charge is 2.30. The van der Waals surface area contributed by atoms with Crippen molar-refractivity contribution in [2.24, 2.45) is 17.8 Å². The molecule has 2 aromatic carbocycles. The van der Waals surface area contributed by atoms with Crippen molar-refractivity contribution in [3.63, 3.8) is 0 Å². The van der Waals surface area contributed by atoms with Gasteiger partial charge in [-0.1, -0.05) is 70.2 Å². The second-order valence-electron chi connectivity index (χ2n) is 8.89. The Morgan fingerprint density at radius 1 is 0.933 bits per heavy atom. The van der Waals surface area contributed by atoms with Crippen molar-refractivity contribution in [1.29, 1.82) is 0 Å². The number of benzene rings is 2. The third-order valence-electron chi connectivity index (χ3n) is 6.67. The second kappa shape index (κ2) is 11.3. The fourth-order valence-corrected chi connectivity index (χ4v) is 4.61. The number of carbonyl (C=O) groups excluding carboxylic acids is 1. The summed E-state index contributed by atoms with van der Waals surface area (Å²) in [5.41, 5.74) is 1.92. The molecule has 1 aliphatic rings. The lowest BCUT2D eigenvalue weighted by Crippen LogP contribution is -2.27. The Morgan fingerprint density at radius 2 is 1.53 bits per heavy atom. The molecule has 1 fully saturated rings. The van der Waals surface area contributed by atoms with Crippen LogP contribution in [0, 0.1) is 23.6 Å². The molecule has 2 nitrogen and oxygen atoms in total. The average Bonchev–Trinajstić information content (AvgIpc) is 2.78. The molecular weight excluding hydrogens is 375 g/mol. The largest absolute Gasteiger partial charge is 0.426 e. The molecule has 162 valence electrons. The maximum atomic E-state index is 13.1. The van der Waals surface area contributed by atoms with Gasteiger partial charge in [0, 0.05) is 0 Å². The number of esters is 1. The summed E-state index contributed by atoms with van der Waals surface area (Å²) in [5, 5.41) is 0. The van der Waals surface area contributed by atoms with Crippen molar-refractivity contribution in [2.75, 3.05) is 0 Å². The Balaban J connectivity index is 1.45. The highest BCUT2D eigenvalue weighted by molar-refractivity contribution is 5.75. The molecule has 1 saturated carbocycles. The van der Waals surface area contributed by atoms with E-state index in [1.165, 1.54) is 44.2 Å². The first-order valence-corrected chi connectivity index (χ1v) is 11.6. The Hall–Kier alpha value is -2.16. The molecule has 3 heteroatoms. The normalized spacial score (nSPS) is 20.0. The number of carbonyl (C=O) groups is 1. The summed E-state index contributed by atoms with van der Waals surface area (Å²) >= 11 is 0. The minimum absolute atomic E-state index is 0.0188. The van der Waals surface area contributed by atoms with Crippen LogP contribution in [0.4, 0.5) is 4.39 Å². The van der Waals surface area contributed by atoms with E-state index in [1.54, 1.807) is 12.1 Å². The van der Waals surface area contributed by atoms with Crippen LogP contribution in [0.25, 0.3) is 11.1 Å². The van der Waals surface area contributed by atoms with Crippen LogP contribution in [-0.2, 0) is 4.79 Å². The number of halogens is 1. The first kappa shape index (κ1) is 22.5. The van der Waals surface area contributed by atoms with Crippen LogP contribution in [-0.4, -0.2) is 5.97 Å². The summed E-state index contributed by atoms with van der Waals surface area (Å²) in [6, 6.07) is 13.9. The van der Waals surface area contributed by atoms with Crippen LogP contribution in [0.15, 0.2) is 48.5 Å². The zero-order valence-corrected chi connectivity index (χ0v) is 18.4. The number of unbranched alkanes of at least 4 members (excludes halogenated alkanes) is 3. The van der Waals surface area contributed by atoms with Crippen LogP contribution in [0.1, 0.15) is 71.6 Å². The summed E-state index contributed by atoms with van der Waals surface area (Å²) in [7, 11) is 0. The monoisotopic (exact) mass is 410 g/mol. The van der Waals surface area contributed by atoms with Gasteiger partial charge in [-0.05, 0) is 72.9 Å². The molecule has 0 aliphatic heterocycles. The van der Waals surface area contributed by atoms with Crippen LogP contribution in [0.3, 0.4) is 0 Å². The fraction of sp³-hybridized carbons (Fsp3) is 0.519. The van der Waals surface area contributed by atoms with Gasteiger partial charge in [0.05, 0.1) is 5.92 Å². The SMILES string of the molecule is CCCCCCC(C)[C@H]1CC[C@H](C(=O)Oc2ccc(-c3ccc(F)cc3)cc2)CC1. The quantitative estimate of drug-likeness (QED) is 0.239. The van der Waals surface area contributed by atoms with E-state index in [9.17, 15) is 9.18 Å². The van der Waals surface area contributed by atoms with E-state index in [-0.39, 0.29) is 17.7 Å². The molecule has 0 saturated heterocycles. The molecule has 1 atom stereocenters. The van der Waals surface area contributed by atoms with Crippen molar-refractivity contribution in [2.45, 2.75) is 71.6 Å². The van der Waals surface area contributed by atoms with Crippen molar-refractivity contribution in [3.8, 4) is 16.9 Å². The lowest BCUT2D eigenvalue weighted by atomic mass is 9.75. The molecule has 30 heavy (non-hydrogen) atoms. The number of ether oxygens (including phenoxy) is 1. The summed E-state index contributed by atoms with van der Waals surface area (Å²) < 4.78 is 18.7. The van der Waals surface area contributed by atoms with Gasteiger partial charge < -0.3 is 4.74 Å². The maximum Gasteiger partial charge on any atom is 0.314 e. The van der Waals surface area contributed by atoms with E-state index in [1.807, 2.05) is 24.3 Å². The highest BCUT2D eigenvalue weighted by atomic mass is 19.1. The van der Waals surface area contributed by atoms with E-state index < -0.39 is 0 Å². The van der Waals surface area contributed by atoms with E-state index in [0.29, 0.717) is 5.75 Å². The Labute approximate surface area is 180 Å². The smallest absolute Gasteiger partial charge is 0.314 e. The first-order valence-electron chi connectivity index (χ1n) is 11.6. The maximum absolute atomic E-state index is 13.1. The first-order chi connectivity index (χ1) is 14.6. The molecule has 1 aliphatic carbocycles. The van der Waals surface area contributed by atoms with Gasteiger partial charge in [-0.15, -0.1) is 0 Å². The molecule has 0 amide bonds. The minimum atomic E-state index is -0.245. The molecular formula is C27H35FO2. The molecule has 0 spiro atoms. The lowest BCUT2D eigenvalue weighted by Gasteiger charge is -2.31. The van der Waals surface area contributed by atoms with Crippen molar-refractivity contribution >= 4 is 5.97 Å². The highest BCUT2D eigenvalue weighted by Crippen LogP contribution is 2.36. The lowest BCUT2D eigenvalue weighted by molar-refractivity contribution is -0.140. The summed E-state index contributed by atoms with van der Waals surface area (Å²) in [6.07, 6.45) is 10.8. The van der Waals surface area contributed by atoms with E-state index in [0.717, 1.165) is 48.6 Å². The molecule has 0 aromatic heterocycles. The minimum Gasteiger partial charge on any atom is -0.426 e. The summed E-state index contributed by atoms with van der Waals surface area (Å²) in [4.78, 5) is 12.6. The van der Waals surface area contributed by atoms with Gasteiger partial charge in [-0.3, -0.25) is 4.79 Å². The topological polar surface area (TPSA) is 26.3 Å². The number of hydrogen-bond donors (Lipinski definition) is 0. The van der Waals surface area contributed by atoms with Gasteiger partial charge in [-0.2, -0.15) is 0 Å². The number of hydrogen-bond acceptors (Lipinski definition) is 2. The predicted octanol–water partition coefficient (Wildman–Crippen LogP) is 7.81. The van der Waals surface area contributed by atoms with E-state index in [2.05, 4.69) is 13.8 Å². The predicted molar refractivity (Wildman–Crippen MR) is 121 cm³/mol. The van der Waals surface area contributed by atoms with Crippen LogP contribution in [0.5, 0.6) is 5.75 Å². The standard InChI is InChI=1S/C27H35FO2/c1-3-4-5-6-7-20(2)21-8-10-24(11-9-21)27(29)30-26-18-14-23(15-19-26)22-12-16-25(28)17-13-22/h12-21,24H,3-11H2,1-2H3/t20?,21-,24-. The third kappa shape index (κ3) is 6.42. The van der Waals surface area contributed by atoms with Gasteiger partial charge in [0.1, 0.15) is 11.6 Å². The van der Waals surface area contributed by atoms with Gasteiger partial charge in [0.25, 0.3) is 0 Å². The Morgan fingerprint density at radius 3 is 2.13 bits per heavy atom. The van der Waals surface area contributed by atoms with Crippen molar-refractivity contribution in [3.05, 3.63) is 54.3 Å². The average molecular weight is 411 g/mol. The summed E-state index contributed by atoms with van der Waals surface area (Å²) in [5.74, 6) is 1.77.